The van der Waals surface area contributed by atoms with E-state index in [4.69, 9.17) is 9.72 Å². The lowest BCUT2D eigenvalue weighted by Gasteiger charge is -2.35. The first kappa shape index (κ1) is 14.8. The minimum absolute atomic E-state index is 0.284. The van der Waals surface area contributed by atoms with E-state index in [2.05, 4.69) is 43.3 Å². The van der Waals surface area contributed by atoms with Crippen molar-refractivity contribution in [2.75, 3.05) is 24.5 Å². The van der Waals surface area contributed by atoms with Crippen molar-refractivity contribution in [3.63, 3.8) is 0 Å². The summed E-state index contributed by atoms with van der Waals surface area (Å²) in [6.45, 7) is 11.5. The molecule has 19 heavy (non-hydrogen) atoms. The molecular formula is C14H25N3OS. The third kappa shape index (κ3) is 3.91. The lowest BCUT2D eigenvalue weighted by Crippen LogP contribution is -2.45. The zero-order valence-corrected chi connectivity index (χ0v) is 13.2. The number of morpholine rings is 1. The maximum atomic E-state index is 5.77. The molecule has 0 bridgehead atoms. The van der Waals surface area contributed by atoms with E-state index < -0.39 is 0 Å². The van der Waals surface area contributed by atoms with Crippen LogP contribution in [0.1, 0.15) is 45.9 Å². The summed E-state index contributed by atoms with van der Waals surface area (Å²) in [6.07, 6.45) is 1.72. The van der Waals surface area contributed by atoms with E-state index in [1.54, 1.807) is 11.3 Å². The smallest absolute Gasteiger partial charge is 0.185 e. The van der Waals surface area contributed by atoms with E-state index in [-0.39, 0.29) is 12.2 Å². The molecule has 0 saturated carbocycles. The molecule has 3 atom stereocenters. The topological polar surface area (TPSA) is 37.4 Å². The number of aromatic nitrogens is 1. The highest BCUT2D eigenvalue weighted by atomic mass is 32.1. The monoisotopic (exact) mass is 283 g/mol. The first-order valence-corrected chi connectivity index (χ1v) is 8.07. The maximum absolute atomic E-state index is 5.77. The normalized spacial score (nSPS) is 25.6. The fraction of sp³-hybridized carbons (Fsp3) is 0.786. The molecule has 1 unspecified atom stereocenters. The third-order valence-corrected chi connectivity index (χ3v) is 4.26. The van der Waals surface area contributed by atoms with Gasteiger partial charge in [0.05, 0.1) is 17.9 Å². The van der Waals surface area contributed by atoms with Crippen LogP contribution >= 0.6 is 11.3 Å². The van der Waals surface area contributed by atoms with E-state index in [1.165, 1.54) is 0 Å². The van der Waals surface area contributed by atoms with Crippen molar-refractivity contribution in [3.8, 4) is 0 Å². The van der Waals surface area contributed by atoms with Gasteiger partial charge in [-0.3, -0.25) is 0 Å². The summed E-state index contributed by atoms with van der Waals surface area (Å²) in [5.41, 5.74) is 1.15. The zero-order chi connectivity index (χ0) is 13.8. The Labute approximate surface area is 120 Å². The van der Waals surface area contributed by atoms with Crippen LogP contribution in [0, 0.1) is 0 Å². The Balaban J connectivity index is 1.99. The van der Waals surface area contributed by atoms with E-state index >= 15 is 0 Å². The SMILES string of the molecule is CCCNC(C)c1csc(N2C[C@@H](C)O[C@@H](C)C2)n1. The highest BCUT2D eigenvalue weighted by Gasteiger charge is 2.24. The standard InChI is InChI=1S/C14H25N3OS/c1-5-6-15-12(4)13-9-19-14(16-13)17-7-10(2)18-11(3)8-17/h9-12,15H,5-8H2,1-4H3/t10-,11+,12?. The largest absolute Gasteiger partial charge is 0.372 e. The van der Waals surface area contributed by atoms with Crippen LogP contribution in [0.5, 0.6) is 0 Å². The second kappa shape index (κ2) is 6.68. The summed E-state index contributed by atoms with van der Waals surface area (Å²) < 4.78 is 5.77. The van der Waals surface area contributed by atoms with Gasteiger partial charge in [0.2, 0.25) is 0 Å². The molecular weight excluding hydrogens is 258 g/mol. The molecule has 0 amide bonds. The van der Waals surface area contributed by atoms with Crippen LogP contribution in [0.15, 0.2) is 5.38 Å². The quantitative estimate of drug-likeness (QED) is 0.901. The molecule has 1 aromatic rings. The van der Waals surface area contributed by atoms with Crippen molar-refractivity contribution in [2.45, 2.75) is 52.4 Å². The molecule has 1 aromatic heterocycles. The minimum atomic E-state index is 0.284. The first-order chi connectivity index (χ1) is 9.10. The van der Waals surface area contributed by atoms with Crippen LogP contribution in [0.2, 0.25) is 0 Å². The van der Waals surface area contributed by atoms with Crippen LogP contribution in [-0.4, -0.2) is 36.8 Å². The highest BCUT2D eigenvalue weighted by Crippen LogP contribution is 2.26. The van der Waals surface area contributed by atoms with Crippen LogP contribution in [0.3, 0.4) is 0 Å². The lowest BCUT2D eigenvalue weighted by molar-refractivity contribution is -0.00523. The number of ether oxygens (including phenoxy) is 1. The van der Waals surface area contributed by atoms with E-state index in [0.717, 1.165) is 36.9 Å². The second-order valence-electron chi connectivity index (χ2n) is 5.39. The van der Waals surface area contributed by atoms with Crippen LogP contribution in [0.25, 0.3) is 0 Å². The predicted octanol–water partition coefficient (Wildman–Crippen LogP) is 2.82. The number of rotatable bonds is 5. The van der Waals surface area contributed by atoms with Crippen molar-refractivity contribution in [3.05, 3.63) is 11.1 Å². The molecule has 0 aliphatic carbocycles. The average molecular weight is 283 g/mol. The maximum Gasteiger partial charge on any atom is 0.185 e. The summed E-state index contributed by atoms with van der Waals surface area (Å²) in [5, 5.41) is 6.78. The van der Waals surface area contributed by atoms with Crippen LogP contribution < -0.4 is 10.2 Å². The fourth-order valence-electron chi connectivity index (χ4n) is 2.42. The van der Waals surface area contributed by atoms with Gasteiger partial charge in [0, 0.05) is 24.5 Å². The van der Waals surface area contributed by atoms with Gasteiger partial charge in [-0.1, -0.05) is 6.92 Å². The van der Waals surface area contributed by atoms with Gasteiger partial charge in [-0.25, -0.2) is 4.98 Å². The molecule has 0 spiro atoms. The summed E-state index contributed by atoms with van der Waals surface area (Å²) in [6, 6.07) is 0.334. The molecule has 1 aliphatic heterocycles. The van der Waals surface area contributed by atoms with Gasteiger partial charge in [-0.05, 0) is 33.7 Å². The molecule has 0 aromatic carbocycles. The number of thiazole rings is 1. The number of anilines is 1. The first-order valence-electron chi connectivity index (χ1n) is 7.19. The van der Waals surface area contributed by atoms with E-state index in [1.807, 2.05) is 0 Å². The van der Waals surface area contributed by atoms with E-state index in [0.29, 0.717) is 6.04 Å². The second-order valence-corrected chi connectivity index (χ2v) is 6.23. The lowest BCUT2D eigenvalue weighted by atomic mass is 10.2. The van der Waals surface area contributed by atoms with Crippen molar-refractivity contribution >= 4 is 16.5 Å². The van der Waals surface area contributed by atoms with Gasteiger partial charge in [-0.2, -0.15) is 0 Å². The number of hydrogen-bond acceptors (Lipinski definition) is 5. The van der Waals surface area contributed by atoms with Crippen molar-refractivity contribution < 1.29 is 4.74 Å². The molecule has 1 fully saturated rings. The van der Waals surface area contributed by atoms with Crippen molar-refractivity contribution in [1.82, 2.24) is 10.3 Å². The molecule has 1 N–H and O–H groups in total. The van der Waals surface area contributed by atoms with Gasteiger partial charge >= 0.3 is 0 Å². The zero-order valence-electron chi connectivity index (χ0n) is 12.3. The molecule has 5 heteroatoms. The van der Waals surface area contributed by atoms with Crippen molar-refractivity contribution in [1.29, 1.82) is 0 Å². The minimum Gasteiger partial charge on any atom is -0.372 e. The molecule has 108 valence electrons. The molecule has 4 nitrogen and oxygen atoms in total. The fourth-order valence-corrected chi connectivity index (χ4v) is 3.36. The number of nitrogens with one attached hydrogen (secondary N) is 1. The van der Waals surface area contributed by atoms with E-state index in [9.17, 15) is 0 Å². The Morgan fingerprint density at radius 1 is 1.47 bits per heavy atom. The van der Waals surface area contributed by atoms with Gasteiger partial charge in [0.25, 0.3) is 0 Å². The molecule has 2 heterocycles. The van der Waals surface area contributed by atoms with Crippen LogP contribution in [0.4, 0.5) is 5.13 Å². The summed E-state index contributed by atoms with van der Waals surface area (Å²) in [7, 11) is 0. The predicted molar refractivity (Wildman–Crippen MR) is 81.0 cm³/mol. The Morgan fingerprint density at radius 2 is 2.16 bits per heavy atom. The molecule has 1 aliphatic rings. The molecule has 2 rings (SSSR count). The van der Waals surface area contributed by atoms with Gasteiger partial charge in [-0.15, -0.1) is 11.3 Å². The van der Waals surface area contributed by atoms with Gasteiger partial charge in [0.15, 0.2) is 5.13 Å². The van der Waals surface area contributed by atoms with Gasteiger partial charge in [0.1, 0.15) is 0 Å². The Hall–Kier alpha value is -0.650. The Bertz CT molecular complexity index is 386. The molecule has 1 saturated heterocycles. The number of hydrogen-bond donors (Lipinski definition) is 1. The van der Waals surface area contributed by atoms with Gasteiger partial charge < -0.3 is 15.0 Å². The number of nitrogens with zero attached hydrogens (tertiary/aromatic N) is 2. The van der Waals surface area contributed by atoms with Crippen LogP contribution in [-0.2, 0) is 4.74 Å². The summed E-state index contributed by atoms with van der Waals surface area (Å²) in [4.78, 5) is 7.13. The summed E-state index contributed by atoms with van der Waals surface area (Å²) in [5.74, 6) is 0. The van der Waals surface area contributed by atoms with Crippen molar-refractivity contribution in [2.24, 2.45) is 0 Å². The third-order valence-electron chi connectivity index (χ3n) is 3.34. The highest BCUT2D eigenvalue weighted by molar-refractivity contribution is 7.13. The summed E-state index contributed by atoms with van der Waals surface area (Å²) >= 11 is 1.74. The Kier molecular flexibility index (Phi) is 5.19. The Morgan fingerprint density at radius 3 is 2.79 bits per heavy atom. The molecule has 0 radical (unpaired) electrons. The average Bonchev–Trinajstić information content (AvgIpc) is 2.84.